The maximum atomic E-state index is 12.9. The van der Waals surface area contributed by atoms with E-state index in [4.69, 9.17) is 4.74 Å². The van der Waals surface area contributed by atoms with Crippen molar-refractivity contribution in [1.82, 2.24) is 0 Å². The second-order valence-electron chi connectivity index (χ2n) is 6.78. The van der Waals surface area contributed by atoms with Gasteiger partial charge in [-0.2, -0.15) is 0 Å². The Hall–Kier alpha value is -0.370. The van der Waals surface area contributed by atoms with Gasteiger partial charge in [-0.15, -0.1) is 0 Å². The number of carbonyl (C=O) groups excluding carboxylic acids is 1. The van der Waals surface area contributed by atoms with Gasteiger partial charge in [0.1, 0.15) is 5.60 Å². The largest absolute Gasteiger partial charge is 0.370 e. The highest BCUT2D eigenvalue weighted by Crippen LogP contribution is 2.50. The molecule has 0 aliphatic heterocycles. The Balaban J connectivity index is 2.86. The van der Waals surface area contributed by atoms with E-state index < -0.39 is 5.60 Å². The fraction of sp³-hybridized carbons (Fsp3) is 0.944. The molecule has 0 bridgehead atoms. The van der Waals surface area contributed by atoms with E-state index >= 15 is 0 Å². The maximum absolute atomic E-state index is 12.9. The first-order valence-corrected chi connectivity index (χ1v) is 8.64. The van der Waals surface area contributed by atoms with Crippen molar-refractivity contribution in [2.75, 3.05) is 7.11 Å². The van der Waals surface area contributed by atoms with Gasteiger partial charge in [0.2, 0.25) is 0 Å². The second-order valence-corrected chi connectivity index (χ2v) is 6.78. The third-order valence-electron chi connectivity index (χ3n) is 5.37. The van der Waals surface area contributed by atoms with Crippen LogP contribution in [0, 0.1) is 5.41 Å². The van der Waals surface area contributed by atoms with Gasteiger partial charge in [0.05, 0.1) is 0 Å². The van der Waals surface area contributed by atoms with Crippen LogP contribution >= 0.6 is 0 Å². The third-order valence-corrected chi connectivity index (χ3v) is 5.37. The van der Waals surface area contributed by atoms with Crippen LogP contribution in [-0.2, 0) is 9.53 Å². The lowest BCUT2D eigenvalue weighted by molar-refractivity contribution is -0.170. The number of ketones is 1. The van der Waals surface area contributed by atoms with Gasteiger partial charge in [0, 0.05) is 18.9 Å². The summed E-state index contributed by atoms with van der Waals surface area (Å²) in [5.74, 6) is 0.367. The number of rotatable bonds is 9. The van der Waals surface area contributed by atoms with Crippen LogP contribution in [0.4, 0.5) is 0 Å². The van der Waals surface area contributed by atoms with Gasteiger partial charge in [-0.3, -0.25) is 4.79 Å². The molecule has 1 rings (SSSR count). The standard InChI is InChI=1S/C18H34O2/c1-5-7-9-12-16(19)18(20-4)15-11-10-14-17(18,3)13-8-6-2/h5-15H2,1-4H3. The minimum absolute atomic E-state index is 0.0410. The predicted molar refractivity (Wildman–Crippen MR) is 85.0 cm³/mol. The second kappa shape index (κ2) is 8.17. The molecular formula is C18H34O2. The Morgan fingerprint density at radius 2 is 1.70 bits per heavy atom. The molecule has 0 aromatic heterocycles. The normalized spacial score (nSPS) is 30.4. The van der Waals surface area contributed by atoms with Crippen LogP contribution in [0.3, 0.4) is 0 Å². The van der Waals surface area contributed by atoms with E-state index in [1.807, 2.05) is 0 Å². The van der Waals surface area contributed by atoms with Crippen molar-refractivity contribution in [3.05, 3.63) is 0 Å². The zero-order valence-electron chi connectivity index (χ0n) is 14.1. The molecule has 0 aromatic rings. The summed E-state index contributed by atoms with van der Waals surface area (Å²) in [6.07, 6.45) is 12.0. The molecule has 0 heterocycles. The quantitative estimate of drug-likeness (QED) is 0.537. The SMILES string of the molecule is CCCCCC(=O)C1(OC)CCCCC1(C)CCCC. The Kier molecular flexibility index (Phi) is 7.22. The Morgan fingerprint density at radius 1 is 1.05 bits per heavy atom. The average molecular weight is 282 g/mol. The Morgan fingerprint density at radius 3 is 2.30 bits per heavy atom. The van der Waals surface area contributed by atoms with E-state index in [0.717, 1.165) is 38.5 Å². The Bertz CT molecular complexity index is 300. The van der Waals surface area contributed by atoms with Crippen LogP contribution < -0.4 is 0 Å². The van der Waals surface area contributed by atoms with Crippen molar-refractivity contribution in [3.63, 3.8) is 0 Å². The van der Waals surface area contributed by atoms with Gasteiger partial charge in [0.25, 0.3) is 0 Å². The third kappa shape index (κ3) is 3.63. The van der Waals surface area contributed by atoms with Gasteiger partial charge >= 0.3 is 0 Å². The molecule has 0 radical (unpaired) electrons. The van der Waals surface area contributed by atoms with E-state index in [9.17, 15) is 4.79 Å². The zero-order chi connectivity index (χ0) is 15.1. The van der Waals surface area contributed by atoms with Crippen LogP contribution in [0.2, 0.25) is 0 Å². The van der Waals surface area contributed by atoms with Gasteiger partial charge in [0.15, 0.2) is 5.78 Å². The maximum Gasteiger partial charge on any atom is 0.165 e. The number of Topliss-reactive ketones (excluding diaryl/α,β-unsaturated/α-hetero) is 1. The Labute approximate surface area is 125 Å². The summed E-state index contributed by atoms with van der Waals surface area (Å²) in [7, 11) is 1.76. The van der Waals surface area contributed by atoms with E-state index in [1.54, 1.807) is 7.11 Å². The lowest BCUT2D eigenvalue weighted by Gasteiger charge is -2.50. The van der Waals surface area contributed by atoms with E-state index in [-0.39, 0.29) is 5.41 Å². The molecule has 1 aliphatic rings. The lowest BCUT2D eigenvalue weighted by Crippen LogP contribution is -2.56. The first kappa shape index (κ1) is 17.7. The molecular weight excluding hydrogens is 248 g/mol. The number of unbranched alkanes of at least 4 members (excludes halogenated alkanes) is 3. The number of ether oxygens (including phenoxy) is 1. The van der Waals surface area contributed by atoms with E-state index in [2.05, 4.69) is 20.8 Å². The summed E-state index contributed by atoms with van der Waals surface area (Å²) in [6, 6.07) is 0. The smallest absolute Gasteiger partial charge is 0.165 e. The monoisotopic (exact) mass is 282 g/mol. The number of hydrogen-bond donors (Lipinski definition) is 0. The molecule has 1 saturated carbocycles. The molecule has 118 valence electrons. The van der Waals surface area contributed by atoms with Crippen LogP contribution in [0.25, 0.3) is 0 Å². The van der Waals surface area contributed by atoms with Crippen LogP contribution in [0.1, 0.15) is 91.4 Å². The summed E-state index contributed by atoms with van der Waals surface area (Å²) >= 11 is 0. The first-order chi connectivity index (χ1) is 9.56. The van der Waals surface area contributed by atoms with Crippen molar-refractivity contribution in [1.29, 1.82) is 0 Å². The fourth-order valence-electron chi connectivity index (χ4n) is 3.96. The van der Waals surface area contributed by atoms with Crippen LogP contribution in [-0.4, -0.2) is 18.5 Å². The predicted octanol–water partition coefficient (Wildman–Crippen LogP) is 5.29. The number of carbonyl (C=O) groups is 1. The molecule has 0 N–H and O–H groups in total. The fourth-order valence-corrected chi connectivity index (χ4v) is 3.96. The molecule has 2 unspecified atom stereocenters. The van der Waals surface area contributed by atoms with Crippen molar-refractivity contribution >= 4 is 5.78 Å². The summed E-state index contributed by atoms with van der Waals surface area (Å²) in [5.41, 5.74) is -0.465. The summed E-state index contributed by atoms with van der Waals surface area (Å²) < 4.78 is 5.93. The molecule has 2 nitrogen and oxygen atoms in total. The van der Waals surface area contributed by atoms with Gasteiger partial charge in [-0.25, -0.2) is 0 Å². The highest BCUT2D eigenvalue weighted by Gasteiger charge is 2.53. The molecule has 1 aliphatic carbocycles. The number of methoxy groups -OCH3 is 1. The summed E-state index contributed by atoms with van der Waals surface area (Å²) in [6.45, 7) is 6.70. The molecule has 20 heavy (non-hydrogen) atoms. The van der Waals surface area contributed by atoms with Crippen LogP contribution in [0.5, 0.6) is 0 Å². The van der Waals surface area contributed by atoms with Gasteiger partial charge < -0.3 is 4.74 Å². The highest BCUT2D eigenvalue weighted by molar-refractivity contribution is 5.88. The molecule has 1 fully saturated rings. The van der Waals surface area contributed by atoms with E-state index in [1.165, 1.54) is 25.7 Å². The minimum atomic E-state index is -0.506. The molecule has 2 heteroatoms. The highest BCUT2D eigenvalue weighted by atomic mass is 16.5. The molecule has 0 saturated heterocycles. The summed E-state index contributed by atoms with van der Waals surface area (Å²) in [4.78, 5) is 12.9. The topological polar surface area (TPSA) is 26.3 Å². The van der Waals surface area contributed by atoms with Crippen molar-refractivity contribution in [3.8, 4) is 0 Å². The first-order valence-electron chi connectivity index (χ1n) is 8.64. The molecule has 0 spiro atoms. The lowest BCUT2D eigenvalue weighted by atomic mass is 9.59. The van der Waals surface area contributed by atoms with Gasteiger partial charge in [-0.1, -0.05) is 59.3 Å². The average Bonchev–Trinajstić information content (AvgIpc) is 2.46. The van der Waals surface area contributed by atoms with E-state index in [0.29, 0.717) is 12.2 Å². The van der Waals surface area contributed by atoms with Crippen molar-refractivity contribution in [2.24, 2.45) is 5.41 Å². The van der Waals surface area contributed by atoms with Gasteiger partial charge in [-0.05, 0) is 25.7 Å². The van der Waals surface area contributed by atoms with Crippen molar-refractivity contribution < 1.29 is 9.53 Å². The zero-order valence-corrected chi connectivity index (χ0v) is 14.1. The molecule has 0 amide bonds. The molecule has 2 atom stereocenters. The minimum Gasteiger partial charge on any atom is -0.370 e. The van der Waals surface area contributed by atoms with Crippen LogP contribution in [0.15, 0.2) is 0 Å². The summed E-state index contributed by atoms with van der Waals surface area (Å²) in [5, 5.41) is 0. The molecule has 0 aromatic carbocycles. The van der Waals surface area contributed by atoms with Crippen molar-refractivity contribution in [2.45, 2.75) is 97.0 Å². The number of hydrogen-bond acceptors (Lipinski definition) is 2.